The van der Waals surface area contributed by atoms with Crippen molar-refractivity contribution in [2.75, 3.05) is 13.7 Å². The van der Waals surface area contributed by atoms with E-state index in [1.54, 1.807) is 50.4 Å². The summed E-state index contributed by atoms with van der Waals surface area (Å²) in [6, 6.07) is 19.9. The minimum atomic E-state index is -1.51. The zero-order chi connectivity index (χ0) is 26.4. The highest BCUT2D eigenvalue weighted by Crippen LogP contribution is 2.24. The second kappa shape index (κ2) is 11.0. The van der Waals surface area contributed by atoms with Crippen LogP contribution in [0.15, 0.2) is 72.9 Å². The van der Waals surface area contributed by atoms with Crippen LogP contribution in [0, 0.1) is 11.8 Å². The van der Waals surface area contributed by atoms with E-state index in [-0.39, 0.29) is 17.9 Å². The summed E-state index contributed by atoms with van der Waals surface area (Å²) in [6.07, 6.45) is 2.06. The van der Waals surface area contributed by atoms with Crippen molar-refractivity contribution in [1.82, 2.24) is 15.6 Å². The van der Waals surface area contributed by atoms with Crippen molar-refractivity contribution in [3.8, 4) is 17.6 Å². The molecule has 0 spiro atoms. The van der Waals surface area contributed by atoms with Gasteiger partial charge in [0.1, 0.15) is 11.5 Å². The van der Waals surface area contributed by atoms with Crippen LogP contribution in [0.4, 0.5) is 0 Å². The highest BCUT2D eigenvalue weighted by molar-refractivity contribution is 5.98. The minimum Gasteiger partial charge on any atom is -0.493 e. The number of aromatic amines is 1. The van der Waals surface area contributed by atoms with Crippen molar-refractivity contribution in [3.63, 3.8) is 0 Å². The molecule has 37 heavy (non-hydrogen) atoms. The Morgan fingerprint density at radius 3 is 2.51 bits per heavy atom. The van der Waals surface area contributed by atoms with Gasteiger partial charge in [-0.15, -0.1) is 0 Å². The van der Waals surface area contributed by atoms with E-state index in [1.807, 2.05) is 43.5 Å². The Hall–Kier alpha value is -4.54. The highest BCUT2D eigenvalue weighted by Gasteiger charge is 2.27. The zero-order valence-electron chi connectivity index (χ0n) is 21.0. The van der Waals surface area contributed by atoms with Crippen molar-refractivity contribution < 1.29 is 19.4 Å². The fourth-order valence-electron chi connectivity index (χ4n) is 4.10. The lowest BCUT2D eigenvalue weighted by Gasteiger charge is -2.25. The first-order chi connectivity index (χ1) is 17.8. The number of carbonyl (C=O) groups is 2. The van der Waals surface area contributed by atoms with Crippen molar-refractivity contribution in [1.29, 1.82) is 0 Å². The molecule has 0 unspecified atom stereocenters. The Balaban J connectivity index is 1.57. The van der Waals surface area contributed by atoms with Crippen LogP contribution in [-0.4, -0.2) is 41.3 Å². The van der Waals surface area contributed by atoms with Crippen LogP contribution in [0.1, 0.15) is 51.3 Å². The van der Waals surface area contributed by atoms with Crippen LogP contribution in [0.3, 0.4) is 0 Å². The number of para-hydroxylation sites is 1. The topological polar surface area (TPSA) is 103 Å². The first kappa shape index (κ1) is 25.5. The molecule has 0 radical (unpaired) electrons. The smallest absolute Gasteiger partial charge is 0.257 e. The van der Waals surface area contributed by atoms with Crippen LogP contribution >= 0.6 is 0 Å². The van der Waals surface area contributed by atoms with Crippen LogP contribution in [0.2, 0.25) is 0 Å². The summed E-state index contributed by atoms with van der Waals surface area (Å²) >= 11 is 0. The summed E-state index contributed by atoms with van der Waals surface area (Å²) in [5, 5.41) is 17.4. The van der Waals surface area contributed by atoms with Crippen LogP contribution in [-0.2, 0) is 6.42 Å². The number of ether oxygens (including phenoxy) is 1. The van der Waals surface area contributed by atoms with Gasteiger partial charge in [0.2, 0.25) is 0 Å². The van der Waals surface area contributed by atoms with E-state index in [0.717, 1.165) is 16.5 Å². The Morgan fingerprint density at radius 2 is 1.76 bits per heavy atom. The van der Waals surface area contributed by atoms with Gasteiger partial charge in [-0.3, -0.25) is 9.59 Å². The quantitative estimate of drug-likeness (QED) is 0.230. The number of hydrogen-bond donors (Lipinski definition) is 4. The summed E-state index contributed by atoms with van der Waals surface area (Å²) in [5.74, 6) is 5.82. The van der Waals surface area contributed by atoms with E-state index in [2.05, 4.69) is 27.5 Å². The summed E-state index contributed by atoms with van der Waals surface area (Å²) in [4.78, 5) is 28.4. The van der Waals surface area contributed by atoms with E-state index in [0.29, 0.717) is 29.0 Å². The molecule has 0 saturated carbocycles. The number of benzene rings is 3. The predicted molar refractivity (Wildman–Crippen MR) is 144 cm³/mol. The van der Waals surface area contributed by atoms with E-state index in [4.69, 9.17) is 4.74 Å². The van der Waals surface area contributed by atoms with Crippen molar-refractivity contribution in [2.45, 2.75) is 26.0 Å². The van der Waals surface area contributed by atoms with Gasteiger partial charge < -0.3 is 25.5 Å². The third kappa shape index (κ3) is 6.18. The number of hydrogen-bond acceptors (Lipinski definition) is 4. The normalized spacial score (nSPS) is 12.2. The fourth-order valence-corrected chi connectivity index (χ4v) is 4.10. The maximum atomic E-state index is 13.3. The van der Waals surface area contributed by atoms with Crippen LogP contribution in [0.5, 0.6) is 5.75 Å². The molecule has 4 N–H and O–H groups in total. The summed E-state index contributed by atoms with van der Waals surface area (Å²) < 4.78 is 5.67. The molecule has 0 fully saturated rings. The molecule has 4 rings (SSSR count). The Kier molecular flexibility index (Phi) is 7.61. The minimum absolute atomic E-state index is 0.191. The fraction of sp³-hybridized carbons (Fsp3) is 0.200. The molecule has 1 aromatic heterocycles. The van der Waals surface area contributed by atoms with E-state index in [1.165, 1.54) is 0 Å². The molecule has 7 nitrogen and oxygen atoms in total. The summed E-state index contributed by atoms with van der Waals surface area (Å²) in [6.45, 7) is 3.78. The third-order valence-electron chi connectivity index (χ3n) is 5.82. The number of rotatable bonds is 7. The zero-order valence-corrected chi connectivity index (χ0v) is 21.0. The second-order valence-electron chi connectivity index (χ2n) is 8.82. The molecule has 188 valence electrons. The number of nitrogens with one attached hydrogen (secondary N) is 3. The average molecular weight is 496 g/mol. The van der Waals surface area contributed by atoms with E-state index < -0.39 is 11.6 Å². The molecule has 0 saturated heterocycles. The van der Waals surface area contributed by atoms with Gasteiger partial charge in [-0.1, -0.05) is 36.1 Å². The van der Waals surface area contributed by atoms with Crippen molar-refractivity contribution >= 4 is 22.7 Å². The SMILES string of the molecule is CCOc1ccc(C#Cc2cccc(C(=O)NC)c2)cc1C(=O)N[C@](C)(O)Cc1c[nH]c2ccccc12. The Morgan fingerprint density at radius 1 is 1.00 bits per heavy atom. The van der Waals surface area contributed by atoms with Crippen LogP contribution < -0.4 is 15.4 Å². The molecule has 0 bridgehead atoms. The van der Waals surface area contributed by atoms with E-state index >= 15 is 0 Å². The molecule has 7 heteroatoms. The number of amides is 2. The molecule has 1 heterocycles. The standard InChI is InChI=1S/C30H29N3O4/c1-4-37-27-15-14-21(13-12-20-8-7-9-22(16-20)28(34)31-3)17-25(27)29(35)33-30(2,36)18-23-19-32-26-11-6-5-10-24(23)26/h5-11,14-17,19,32,36H,4,18H2,1-3H3,(H,31,34)(H,33,35)/t30-/m1/s1. The number of H-pyrrole nitrogens is 1. The van der Waals surface area contributed by atoms with Gasteiger partial charge in [0.25, 0.3) is 11.8 Å². The summed E-state index contributed by atoms with van der Waals surface area (Å²) in [5.41, 5.74) is 2.39. The van der Waals surface area contributed by atoms with Crippen LogP contribution in [0.25, 0.3) is 10.9 Å². The van der Waals surface area contributed by atoms with Crippen molar-refractivity contribution in [2.24, 2.45) is 0 Å². The Bertz CT molecular complexity index is 1510. The van der Waals surface area contributed by atoms with Crippen molar-refractivity contribution in [3.05, 3.63) is 101 Å². The molecule has 1 atom stereocenters. The number of aliphatic hydroxyl groups is 1. The molecule has 0 aliphatic carbocycles. The molecule has 4 aromatic rings. The largest absolute Gasteiger partial charge is 0.493 e. The van der Waals surface area contributed by atoms with Gasteiger partial charge >= 0.3 is 0 Å². The van der Waals surface area contributed by atoms with Gasteiger partial charge in [0.05, 0.1) is 12.2 Å². The maximum absolute atomic E-state index is 13.3. The third-order valence-corrected chi connectivity index (χ3v) is 5.82. The number of aromatic nitrogens is 1. The van der Waals surface area contributed by atoms with Gasteiger partial charge in [-0.05, 0) is 61.9 Å². The first-order valence-electron chi connectivity index (χ1n) is 12.0. The Labute approximate surface area is 215 Å². The molecular formula is C30H29N3O4. The van der Waals surface area contributed by atoms with Gasteiger partial charge in [0, 0.05) is 47.3 Å². The molecule has 0 aliphatic rings. The molecular weight excluding hydrogens is 466 g/mol. The lowest BCUT2D eigenvalue weighted by molar-refractivity contribution is 0.0234. The van der Waals surface area contributed by atoms with Gasteiger partial charge in [-0.25, -0.2) is 0 Å². The highest BCUT2D eigenvalue weighted by atomic mass is 16.5. The number of carbonyl (C=O) groups excluding carboxylic acids is 2. The van der Waals surface area contributed by atoms with Gasteiger partial charge in [0.15, 0.2) is 0 Å². The lowest BCUT2D eigenvalue weighted by Crippen LogP contribution is -2.47. The molecule has 3 aromatic carbocycles. The summed E-state index contributed by atoms with van der Waals surface area (Å²) in [7, 11) is 1.57. The molecule has 0 aliphatic heterocycles. The lowest BCUT2D eigenvalue weighted by atomic mass is 10.0. The monoisotopic (exact) mass is 495 g/mol. The average Bonchev–Trinajstić information content (AvgIpc) is 3.29. The maximum Gasteiger partial charge on any atom is 0.257 e. The number of fused-ring (bicyclic) bond motifs is 1. The molecule has 2 amide bonds. The van der Waals surface area contributed by atoms with E-state index in [9.17, 15) is 14.7 Å². The second-order valence-corrected chi connectivity index (χ2v) is 8.82. The van der Waals surface area contributed by atoms with Gasteiger partial charge in [-0.2, -0.15) is 0 Å². The predicted octanol–water partition coefficient (Wildman–Crippen LogP) is 4.01. The first-order valence-corrected chi connectivity index (χ1v) is 12.0.